The Morgan fingerprint density at radius 3 is 2.50 bits per heavy atom. The zero-order chi connectivity index (χ0) is 25.4. The zero-order valence-electron chi connectivity index (χ0n) is 19.5. The number of halogens is 3. The van der Waals surface area contributed by atoms with E-state index >= 15 is 0 Å². The average Bonchev–Trinajstić information content (AvgIpc) is 3.41. The number of carbonyl (C=O) groups is 1. The molecule has 0 bridgehead atoms. The van der Waals surface area contributed by atoms with Gasteiger partial charge < -0.3 is 5.32 Å². The van der Waals surface area contributed by atoms with E-state index in [1.54, 1.807) is 29.1 Å². The molecule has 0 aliphatic rings. The van der Waals surface area contributed by atoms with E-state index in [9.17, 15) is 4.79 Å². The van der Waals surface area contributed by atoms with Crippen LogP contribution in [0.5, 0.6) is 0 Å². The first-order valence-corrected chi connectivity index (χ1v) is 12.4. The number of aromatic nitrogens is 5. The van der Waals surface area contributed by atoms with Crippen LogP contribution in [0.25, 0.3) is 22.2 Å². The van der Waals surface area contributed by atoms with Gasteiger partial charge in [0.1, 0.15) is 5.02 Å². The number of carbonyl (C=O) groups excluding carboxylic acids is 1. The number of anilines is 1. The molecule has 0 aliphatic heterocycles. The Bertz CT molecular complexity index is 1610. The van der Waals surface area contributed by atoms with Crippen molar-refractivity contribution in [3.63, 3.8) is 0 Å². The number of nitrogens with zero attached hydrogens (tertiary/aromatic N) is 5. The molecule has 5 aromatic rings. The lowest BCUT2D eigenvalue weighted by atomic mass is 10.0. The second kappa shape index (κ2) is 9.93. The molecule has 182 valence electrons. The molecule has 0 fully saturated rings. The molecule has 10 heteroatoms. The summed E-state index contributed by atoms with van der Waals surface area (Å²) < 4.78 is 3.48. The van der Waals surface area contributed by atoms with Gasteiger partial charge in [-0.25, -0.2) is 4.98 Å². The Hall–Kier alpha value is -3.39. The summed E-state index contributed by atoms with van der Waals surface area (Å²) >= 11 is 18.5. The molecule has 0 aliphatic carbocycles. The van der Waals surface area contributed by atoms with Gasteiger partial charge in [-0.15, -0.1) is 0 Å². The topological polar surface area (TPSA) is 77.6 Å². The van der Waals surface area contributed by atoms with E-state index in [-0.39, 0.29) is 11.7 Å². The number of benzene rings is 2. The number of rotatable bonds is 6. The van der Waals surface area contributed by atoms with Crippen LogP contribution in [-0.4, -0.2) is 30.5 Å². The Balaban J connectivity index is 1.47. The van der Waals surface area contributed by atoms with Crippen molar-refractivity contribution in [3.05, 3.63) is 92.8 Å². The van der Waals surface area contributed by atoms with Crippen molar-refractivity contribution in [2.75, 3.05) is 5.32 Å². The third-order valence-corrected chi connectivity index (χ3v) is 6.80. The van der Waals surface area contributed by atoms with Gasteiger partial charge in [0.2, 0.25) is 0 Å². The largest absolute Gasteiger partial charge is 0.304 e. The van der Waals surface area contributed by atoms with Crippen LogP contribution in [0.4, 0.5) is 5.82 Å². The minimum absolute atomic E-state index is 0.263. The molecular weight excluding hydrogens is 519 g/mol. The summed E-state index contributed by atoms with van der Waals surface area (Å²) in [5.41, 5.74) is 4.46. The zero-order valence-corrected chi connectivity index (χ0v) is 21.7. The molecule has 2 aromatic carbocycles. The lowest BCUT2D eigenvalue weighted by Crippen LogP contribution is -2.14. The first kappa shape index (κ1) is 24.3. The SMILES string of the molecule is CCn1cc(-c2cc(C(=O)Nc3nn(Cc4ccc(Cl)c(Cl)c4)cc3Cl)c3ccccc3n2)c(C)n1. The summed E-state index contributed by atoms with van der Waals surface area (Å²) in [6.45, 7) is 5.10. The highest BCUT2D eigenvalue weighted by molar-refractivity contribution is 6.42. The molecule has 0 saturated carbocycles. The Morgan fingerprint density at radius 1 is 0.944 bits per heavy atom. The molecule has 5 rings (SSSR count). The number of para-hydroxylation sites is 1. The van der Waals surface area contributed by atoms with Gasteiger partial charge in [0, 0.05) is 29.9 Å². The molecule has 7 nitrogen and oxygen atoms in total. The Morgan fingerprint density at radius 2 is 1.75 bits per heavy atom. The molecule has 1 N–H and O–H groups in total. The van der Waals surface area contributed by atoms with E-state index < -0.39 is 0 Å². The molecule has 3 aromatic heterocycles. The number of hydrogen-bond donors (Lipinski definition) is 1. The number of aryl methyl sites for hydroxylation is 2. The minimum Gasteiger partial charge on any atom is -0.304 e. The van der Waals surface area contributed by atoms with E-state index in [0.717, 1.165) is 28.8 Å². The molecule has 0 spiro atoms. The number of fused-ring (bicyclic) bond motifs is 1. The van der Waals surface area contributed by atoms with Crippen LogP contribution in [-0.2, 0) is 13.1 Å². The summed E-state index contributed by atoms with van der Waals surface area (Å²) in [7, 11) is 0. The van der Waals surface area contributed by atoms with Gasteiger partial charge >= 0.3 is 0 Å². The number of hydrogen-bond acceptors (Lipinski definition) is 4. The summed E-state index contributed by atoms with van der Waals surface area (Å²) in [6, 6.07) is 14.7. The van der Waals surface area contributed by atoms with Crippen molar-refractivity contribution in [2.24, 2.45) is 0 Å². The smallest absolute Gasteiger partial charge is 0.257 e. The van der Waals surface area contributed by atoms with E-state index in [1.807, 2.05) is 55.1 Å². The monoisotopic (exact) mass is 538 g/mol. The normalized spacial score (nSPS) is 11.2. The standard InChI is InChI=1S/C26H21Cl3N6O/c1-3-34-13-19(15(2)32-34)24-11-18(17-6-4-5-7-23(17)30-24)26(36)31-25-22(29)14-35(33-25)12-16-8-9-20(27)21(28)10-16/h4-11,13-14H,3,12H2,1-2H3,(H,31,33,36). The van der Waals surface area contributed by atoms with Crippen LogP contribution < -0.4 is 5.32 Å². The maximum atomic E-state index is 13.5. The lowest BCUT2D eigenvalue weighted by Gasteiger charge is -2.09. The van der Waals surface area contributed by atoms with Crippen molar-refractivity contribution >= 4 is 57.4 Å². The van der Waals surface area contributed by atoms with Crippen LogP contribution in [0.2, 0.25) is 15.1 Å². The molecule has 0 unspecified atom stereocenters. The first-order valence-electron chi connectivity index (χ1n) is 11.2. The van der Waals surface area contributed by atoms with Gasteiger partial charge in [0.25, 0.3) is 5.91 Å². The van der Waals surface area contributed by atoms with E-state index in [2.05, 4.69) is 15.5 Å². The van der Waals surface area contributed by atoms with Crippen LogP contribution in [0, 0.1) is 6.92 Å². The van der Waals surface area contributed by atoms with E-state index in [1.165, 1.54) is 0 Å². The number of pyridine rings is 1. The predicted octanol–water partition coefficient (Wildman–Crippen LogP) is 6.88. The molecule has 0 radical (unpaired) electrons. The van der Waals surface area contributed by atoms with Crippen molar-refractivity contribution in [2.45, 2.75) is 26.9 Å². The van der Waals surface area contributed by atoms with Crippen LogP contribution >= 0.6 is 34.8 Å². The molecule has 0 atom stereocenters. The lowest BCUT2D eigenvalue weighted by molar-refractivity contribution is 0.102. The van der Waals surface area contributed by atoms with E-state index in [0.29, 0.717) is 38.4 Å². The fraction of sp³-hybridized carbons (Fsp3) is 0.154. The van der Waals surface area contributed by atoms with Gasteiger partial charge in [-0.1, -0.05) is 59.1 Å². The maximum absolute atomic E-state index is 13.5. The molecule has 1 amide bonds. The van der Waals surface area contributed by atoms with Gasteiger partial charge in [0.15, 0.2) is 5.82 Å². The summed E-state index contributed by atoms with van der Waals surface area (Å²) in [4.78, 5) is 18.2. The highest BCUT2D eigenvalue weighted by atomic mass is 35.5. The molecular formula is C26H21Cl3N6O. The van der Waals surface area contributed by atoms with Crippen molar-refractivity contribution in [3.8, 4) is 11.3 Å². The van der Waals surface area contributed by atoms with Crippen LogP contribution in [0.1, 0.15) is 28.5 Å². The summed E-state index contributed by atoms with van der Waals surface area (Å²) in [5.74, 6) is -0.0729. The second-order valence-electron chi connectivity index (χ2n) is 8.28. The first-order chi connectivity index (χ1) is 17.3. The predicted molar refractivity (Wildman–Crippen MR) is 144 cm³/mol. The van der Waals surface area contributed by atoms with E-state index in [4.69, 9.17) is 39.8 Å². The Labute approximate surface area is 222 Å². The maximum Gasteiger partial charge on any atom is 0.257 e. The highest BCUT2D eigenvalue weighted by Crippen LogP contribution is 2.29. The van der Waals surface area contributed by atoms with Gasteiger partial charge in [-0.3, -0.25) is 14.2 Å². The Kier molecular flexibility index (Phi) is 6.71. The third kappa shape index (κ3) is 4.82. The minimum atomic E-state index is -0.336. The highest BCUT2D eigenvalue weighted by Gasteiger charge is 2.19. The van der Waals surface area contributed by atoms with Crippen LogP contribution in [0.15, 0.2) is 60.9 Å². The molecule has 36 heavy (non-hydrogen) atoms. The quantitative estimate of drug-likeness (QED) is 0.255. The molecule has 0 saturated heterocycles. The van der Waals surface area contributed by atoms with Gasteiger partial charge in [-0.2, -0.15) is 10.2 Å². The second-order valence-corrected chi connectivity index (χ2v) is 9.50. The van der Waals surface area contributed by atoms with Crippen molar-refractivity contribution < 1.29 is 4.79 Å². The fourth-order valence-electron chi connectivity index (χ4n) is 4.00. The molecule has 3 heterocycles. The summed E-state index contributed by atoms with van der Waals surface area (Å²) in [6.07, 6.45) is 3.59. The average molecular weight is 540 g/mol. The number of amides is 1. The van der Waals surface area contributed by atoms with Crippen molar-refractivity contribution in [1.29, 1.82) is 0 Å². The summed E-state index contributed by atoms with van der Waals surface area (Å²) in [5, 5.41) is 13.8. The van der Waals surface area contributed by atoms with Gasteiger partial charge in [-0.05, 0) is 43.7 Å². The fourth-order valence-corrected chi connectivity index (χ4v) is 4.51. The number of nitrogens with one attached hydrogen (secondary N) is 1. The van der Waals surface area contributed by atoms with Crippen LogP contribution in [0.3, 0.4) is 0 Å². The van der Waals surface area contributed by atoms with Crippen molar-refractivity contribution in [1.82, 2.24) is 24.5 Å². The van der Waals surface area contributed by atoms with Gasteiger partial charge in [0.05, 0.1) is 39.1 Å². The third-order valence-electron chi connectivity index (χ3n) is 5.78.